The van der Waals surface area contributed by atoms with E-state index in [1.807, 2.05) is 79.4 Å². The van der Waals surface area contributed by atoms with Gasteiger partial charge in [-0.3, -0.25) is 4.79 Å². The Labute approximate surface area is 186 Å². The first-order valence-electron chi connectivity index (χ1n) is 10.3. The van der Waals surface area contributed by atoms with Gasteiger partial charge in [-0.05, 0) is 74.9 Å². The fraction of sp³-hybridized carbons (Fsp3) is 0.240. The van der Waals surface area contributed by atoms with Crippen LogP contribution in [-0.2, 0) is 11.2 Å². The molecule has 0 aliphatic rings. The lowest BCUT2D eigenvalue weighted by molar-refractivity contribution is -0.116. The lowest BCUT2D eigenvalue weighted by Crippen LogP contribution is -2.13. The standard InChI is InChI=1S/C25H26N4OS/c1-16-22(13-14-23(30)27-19-9-8-12-21(15-19)31-4)17(2)26-25-24(16)18(3)28-29(25)20-10-6-5-7-11-20/h5-12,15H,13-14H2,1-4H3,(H,27,30). The van der Waals surface area contributed by atoms with Crippen molar-refractivity contribution >= 4 is 34.4 Å². The Hall–Kier alpha value is -3.12. The van der Waals surface area contributed by atoms with Gasteiger partial charge in [0.1, 0.15) is 0 Å². The molecule has 0 saturated carbocycles. The Bertz CT molecular complexity index is 1250. The van der Waals surface area contributed by atoms with E-state index in [4.69, 9.17) is 10.1 Å². The summed E-state index contributed by atoms with van der Waals surface area (Å²) in [5, 5.41) is 8.82. The number of hydrogen-bond acceptors (Lipinski definition) is 4. The number of hydrogen-bond donors (Lipinski definition) is 1. The quantitative estimate of drug-likeness (QED) is 0.402. The molecule has 0 spiro atoms. The van der Waals surface area contributed by atoms with Gasteiger partial charge < -0.3 is 5.32 Å². The molecule has 0 atom stereocenters. The van der Waals surface area contributed by atoms with Gasteiger partial charge >= 0.3 is 0 Å². The number of benzene rings is 2. The summed E-state index contributed by atoms with van der Waals surface area (Å²) >= 11 is 1.66. The highest BCUT2D eigenvalue weighted by Crippen LogP contribution is 2.28. The fourth-order valence-corrected chi connectivity index (χ4v) is 4.45. The fourth-order valence-electron chi connectivity index (χ4n) is 3.99. The van der Waals surface area contributed by atoms with E-state index in [2.05, 4.69) is 12.2 Å². The largest absolute Gasteiger partial charge is 0.326 e. The Balaban J connectivity index is 1.58. The smallest absolute Gasteiger partial charge is 0.224 e. The first-order valence-corrected chi connectivity index (χ1v) is 11.5. The van der Waals surface area contributed by atoms with Crippen molar-refractivity contribution in [2.45, 2.75) is 38.5 Å². The summed E-state index contributed by atoms with van der Waals surface area (Å²) in [5.74, 6) is 0.00820. The minimum absolute atomic E-state index is 0.00820. The molecule has 0 radical (unpaired) electrons. The number of carbonyl (C=O) groups is 1. The topological polar surface area (TPSA) is 59.8 Å². The van der Waals surface area contributed by atoms with Gasteiger partial charge in [0.05, 0.1) is 11.4 Å². The van der Waals surface area contributed by atoms with Crippen LogP contribution in [0, 0.1) is 20.8 Å². The number of fused-ring (bicyclic) bond motifs is 1. The molecule has 0 unspecified atom stereocenters. The number of anilines is 1. The van der Waals surface area contributed by atoms with Crippen molar-refractivity contribution in [1.29, 1.82) is 0 Å². The van der Waals surface area contributed by atoms with Crippen LogP contribution in [0.1, 0.15) is 28.9 Å². The van der Waals surface area contributed by atoms with E-state index >= 15 is 0 Å². The molecule has 4 rings (SSSR count). The van der Waals surface area contributed by atoms with Gasteiger partial charge in [0, 0.05) is 28.1 Å². The van der Waals surface area contributed by atoms with Crippen LogP contribution in [0.5, 0.6) is 0 Å². The Kier molecular flexibility index (Phi) is 6.09. The maximum absolute atomic E-state index is 12.6. The second-order valence-corrected chi connectivity index (χ2v) is 8.49. The maximum atomic E-state index is 12.6. The maximum Gasteiger partial charge on any atom is 0.224 e. The van der Waals surface area contributed by atoms with Crippen molar-refractivity contribution < 1.29 is 4.79 Å². The van der Waals surface area contributed by atoms with E-state index < -0.39 is 0 Å². The van der Waals surface area contributed by atoms with Crippen LogP contribution in [0.3, 0.4) is 0 Å². The molecule has 0 saturated heterocycles. The first kappa shape index (κ1) is 21.1. The summed E-state index contributed by atoms with van der Waals surface area (Å²) in [5.41, 5.74) is 6.85. The van der Waals surface area contributed by atoms with Crippen LogP contribution in [0.4, 0.5) is 5.69 Å². The average Bonchev–Trinajstić information content (AvgIpc) is 3.10. The molecule has 0 fully saturated rings. The zero-order valence-corrected chi connectivity index (χ0v) is 19.1. The highest BCUT2D eigenvalue weighted by atomic mass is 32.2. The van der Waals surface area contributed by atoms with E-state index in [1.165, 1.54) is 0 Å². The van der Waals surface area contributed by atoms with Gasteiger partial charge in [0.15, 0.2) is 5.65 Å². The average molecular weight is 431 g/mol. The Morgan fingerprint density at radius 2 is 1.81 bits per heavy atom. The Morgan fingerprint density at radius 3 is 2.55 bits per heavy atom. The second kappa shape index (κ2) is 8.94. The van der Waals surface area contributed by atoms with E-state index in [9.17, 15) is 4.79 Å². The number of rotatable bonds is 6. The number of aromatic nitrogens is 3. The van der Waals surface area contributed by atoms with Gasteiger partial charge in [0.2, 0.25) is 5.91 Å². The van der Waals surface area contributed by atoms with E-state index in [-0.39, 0.29) is 5.91 Å². The number of thioether (sulfide) groups is 1. The third-order valence-electron chi connectivity index (χ3n) is 5.53. The lowest BCUT2D eigenvalue weighted by Gasteiger charge is -2.12. The molecule has 158 valence electrons. The molecule has 31 heavy (non-hydrogen) atoms. The van der Waals surface area contributed by atoms with Crippen LogP contribution in [0.15, 0.2) is 59.5 Å². The van der Waals surface area contributed by atoms with E-state index in [0.717, 1.165) is 49.8 Å². The van der Waals surface area contributed by atoms with Crippen LogP contribution >= 0.6 is 11.8 Å². The van der Waals surface area contributed by atoms with Crippen molar-refractivity contribution in [2.24, 2.45) is 0 Å². The van der Waals surface area contributed by atoms with Crippen molar-refractivity contribution in [1.82, 2.24) is 14.8 Å². The predicted octanol–water partition coefficient (Wildman–Crippen LogP) is 5.64. The SMILES string of the molecule is CSc1cccc(NC(=O)CCc2c(C)nc3c(c(C)nn3-c3ccccc3)c2C)c1. The molecule has 1 amide bonds. The molecular weight excluding hydrogens is 404 g/mol. The van der Waals surface area contributed by atoms with E-state index in [0.29, 0.717) is 12.8 Å². The van der Waals surface area contributed by atoms with Gasteiger partial charge in [-0.15, -0.1) is 11.8 Å². The summed E-state index contributed by atoms with van der Waals surface area (Å²) in [6, 6.07) is 18.0. The number of pyridine rings is 1. The number of amides is 1. The minimum atomic E-state index is 0.00820. The van der Waals surface area contributed by atoms with Gasteiger partial charge in [0.25, 0.3) is 0 Å². The first-order chi connectivity index (χ1) is 15.0. The van der Waals surface area contributed by atoms with Crippen molar-refractivity contribution in [3.8, 4) is 5.69 Å². The van der Waals surface area contributed by atoms with Gasteiger partial charge in [-0.2, -0.15) is 5.10 Å². The number of aryl methyl sites for hydroxylation is 3. The van der Waals surface area contributed by atoms with E-state index in [1.54, 1.807) is 11.8 Å². The lowest BCUT2D eigenvalue weighted by atomic mass is 9.99. The van der Waals surface area contributed by atoms with Crippen molar-refractivity contribution in [2.75, 3.05) is 11.6 Å². The third kappa shape index (κ3) is 4.35. The second-order valence-electron chi connectivity index (χ2n) is 7.61. The molecule has 2 aromatic heterocycles. The summed E-state index contributed by atoms with van der Waals surface area (Å²) in [4.78, 5) is 18.6. The summed E-state index contributed by atoms with van der Waals surface area (Å²) < 4.78 is 1.90. The minimum Gasteiger partial charge on any atom is -0.326 e. The monoisotopic (exact) mass is 430 g/mol. The molecule has 6 heteroatoms. The predicted molar refractivity (Wildman–Crippen MR) is 128 cm³/mol. The molecular formula is C25H26N4OS. The van der Waals surface area contributed by atoms with Gasteiger partial charge in [-0.1, -0.05) is 24.3 Å². The number of carbonyl (C=O) groups excluding carboxylic acids is 1. The molecule has 0 aliphatic carbocycles. The zero-order valence-electron chi connectivity index (χ0n) is 18.3. The van der Waals surface area contributed by atoms with Crippen molar-refractivity contribution in [3.63, 3.8) is 0 Å². The van der Waals surface area contributed by atoms with Gasteiger partial charge in [-0.25, -0.2) is 9.67 Å². The molecule has 2 aromatic carbocycles. The van der Waals surface area contributed by atoms with Crippen LogP contribution in [-0.4, -0.2) is 26.9 Å². The number of nitrogens with one attached hydrogen (secondary N) is 1. The van der Waals surface area contributed by atoms with Crippen LogP contribution < -0.4 is 5.32 Å². The van der Waals surface area contributed by atoms with Crippen LogP contribution in [0.25, 0.3) is 16.7 Å². The molecule has 0 bridgehead atoms. The molecule has 0 aliphatic heterocycles. The summed E-state index contributed by atoms with van der Waals surface area (Å²) in [6.07, 6.45) is 3.08. The van der Waals surface area contributed by atoms with Crippen molar-refractivity contribution in [3.05, 3.63) is 77.1 Å². The number of nitrogens with zero attached hydrogens (tertiary/aromatic N) is 3. The Morgan fingerprint density at radius 1 is 1.03 bits per heavy atom. The molecule has 5 nitrogen and oxygen atoms in total. The zero-order chi connectivity index (χ0) is 22.0. The third-order valence-corrected chi connectivity index (χ3v) is 6.26. The summed E-state index contributed by atoms with van der Waals surface area (Å²) in [7, 11) is 0. The number of para-hydroxylation sites is 1. The molecule has 4 aromatic rings. The summed E-state index contributed by atoms with van der Waals surface area (Å²) in [6.45, 7) is 6.14. The highest BCUT2D eigenvalue weighted by molar-refractivity contribution is 7.98. The van der Waals surface area contributed by atoms with Crippen LogP contribution in [0.2, 0.25) is 0 Å². The highest BCUT2D eigenvalue weighted by Gasteiger charge is 2.18. The molecule has 2 heterocycles. The normalized spacial score (nSPS) is 11.1. The molecule has 1 N–H and O–H groups in total.